The second-order valence-corrected chi connectivity index (χ2v) is 6.69. The number of hydrogen-bond acceptors (Lipinski definition) is 7. The van der Waals surface area contributed by atoms with E-state index in [0.717, 1.165) is 5.56 Å². The van der Waals surface area contributed by atoms with E-state index < -0.39 is 5.91 Å². The third-order valence-corrected chi connectivity index (χ3v) is 4.87. The first-order chi connectivity index (χ1) is 15.0. The van der Waals surface area contributed by atoms with E-state index in [1.165, 1.54) is 33.5 Å². The molecule has 0 aliphatic carbocycles. The van der Waals surface area contributed by atoms with E-state index in [1.54, 1.807) is 4.90 Å². The summed E-state index contributed by atoms with van der Waals surface area (Å²) in [6, 6.07) is 8.63. The Morgan fingerprint density at radius 2 is 1.68 bits per heavy atom. The highest BCUT2D eigenvalue weighted by Crippen LogP contribution is 2.38. The van der Waals surface area contributed by atoms with Crippen LogP contribution in [0.3, 0.4) is 0 Å². The monoisotopic (exact) mass is 430 g/mol. The first-order valence-corrected chi connectivity index (χ1v) is 9.75. The quantitative estimate of drug-likeness (QED) is 0.652. The largest absolute Gasteiger partial charge is 0.493 e. The van der Waals surface area contributed by atoms with E-state index in [-0.39, 0.29) is 19.2 Å². The lowest BCUT2D eigenvalue weighted by molar-refractivity contribution is -0.130. The van der Waals surface area contributed by atoms with Crippen LogP contribution in [-0.4, -0.2) is 57.9 Å². The molecule has 3 rings (SSSR count). The molecule has 0 saturated heterocycles. The van der Waals surface area contributed by atoms with Gasteiger partial charge in [-0.1, -0.05) is 6.07 Å². The molecular weight excluding hydrogens is 404 g/mol. The molecule has 9 heteroatoms. The van der Waals surface area contributed by atoms with Gasteiger partial charge in [-0.3, -0.25) is 9.59 Å². The number of rotatable bonds is 9. The van der Waals surface area contributed by atoms with Crippen molar-refractivity contribution in [3.63, 3.8) is 0 Å². The number of nitrogens with one attached hydrogen (secondary N) is 1. The fraction of sp³-hybridized carbons (Fsp3) is 0.364. The summed E-state index contributed by atoms with van der Waals surface area (Å²) in [7, 11) is 4.42. The first kappa shape index (κ1) is 22.1. The zero-order valence-electron chi connectivity index (χ0n) is 18.0. The van der Waals surface area contributed by atoms with Crippen LogP contribution >= 0.6 is 0 Å². The number of carbonyl (C=O) groups is 2. The van der Waals surface area contributed by atoms with Crippen molar-refractivity contribution in [3.8, 4) is 28.7 Å². The van der Waals surface area contributed by atoms with Crippen molar-refractivity contribution in [2.75, 3.05) is 41.2 Å². The molecular formula is C22H26N2O7. The van der Waals surface area contributed by atoms with Crippen molar-refractivity contribution in [3.05, 3.63) is 41.5 Å². The van der Waals surface area contributed by atoms with Crippen LogP contribution in [0.5, 0.6) is 28.7 Å². The highest BCUT2D eigenvalue weighted by Gasteiger charge is 2.20. The molecule has 31 heavy (non-hydrogen) atoms. The number of hydrogen-bond donors (Lipinski definition) is 1. The Balaban J connectivity index is 1.64. The maximum Gasteiger partial charge on any atom is 0.251 e. The van der Waals surface area contributed by atoms with Crippen molar-refractivity contribution in [1.29, 1.82) is 0 Å². The zero-order chi connectivity index (χ0) is 22.4. The van der Waals surface area contributed by atoms with Crippen LogP contribution in [0.25, 0.3) is 0 Å². The zero-order valence-corrected chi connectivity index (χ0v) is 18.0. The molecule has 0 unspecified atom stereocenters. The summed E-state index contributed by atoms with van der Waals surface area (Å²) in [5.74, 6) is 1.83. The lowest BCUT2D eigenvalue weighted by Crippen LogP contribution is -2.39. The minimum atomic E-state index is -0.424. The van der Waals surface area contributed by atoms with E-state index in [4.69, 9.17) is 23.7 Å². The number of benzene rings is 2. The van der Waals surface area contributed by atoms with Crippen molar-refractivity contribution >= 4 is 11.8 Å². The van der Waals surface area contributed by atoms with Gasteiger partial charge in [0.2, 0.25) is 18.4 Å². The van der Waals surface area contributed by atoms with Gasteiger partial charge in [-0.25, -0.2) is 0 Å². The number of likely N-dealkylation sites (N-methyl/N-ethyl adjacent to an activating group) is 1. The SMILES string of the molecule is CCN(Cc1ccc2c(c1)OCO2)C(=O)CNC(=O)c1cc(OC)c(OC)c(OC)c1. The Kier molecular flexibility index (Phi) is 7.07. The Morgan fingerprint density at radius 3 is 2.29 bits per heavy atom. The van der Waals surface area contributed by atoms with Crippen LogP contribution in [0.2, 0.25) is 0 Å². The molecule has 1 N–H and O–H groups in total. The molecule has 0 aromatic heterocycles. The molecule has 9 nitrogen and oxygen atoms in total. The number of methoxy groups -OCH3 is 3. The Labute approximate surface area is 180 Å². The highest BCUT2D eigenvalue weighted by molar-refractivity contribution is 5.97. The molecule has 1 aliphatic rings. The fourth-order valence-corrected chi connectivity index (χ4v) is 3.22. The van der Waals surface area contributed by atoms with E-state index in [2.05, 4.69) is 5.32 Å². The second-order valence-electron chi connectivity index (χ2n) is 6.69. The third kappa shape index (κ3) is 4.93. The maximum atomic E-state index is 12.7. The predicted molar refractivity (Wildman–Crippen MR) is 112 cm³/mol. The molecule has 0 radical (unpaired) electrons. The standard InChI is InChI=1S/C22H26N2O7/c1-5-24(12-14-6-7-16-17(8-14)31-13-30-16)20(25)11-23-22(26)15-9-18(27-2)21(29-4)19(10-15)28-3/h6-10H,5,11-13H2,1-4H3,(H,23,26). The van der Waals surface area contributed by atoms with Gasteiger partial charge in [-0.2, -0.15) is 0 Å². The van der Waals surface area contributed by atoms with Gasteiger partial charge in [0.25, 0.3) is 5.91 Å². The van der Waals surface area contributed by atoms with Crippen molar-refractivity contribution in [1.82, 2.24) is 10.2 Å². The molecule has 2 aromatic carbocycles. The summed E-state index contributed by atoms with van der Waals surface area (Å²) in [5, 5.41) is 2.65. The average molecular weight is 430 g/mol. The number of ether oxygens (including phenoxy) is 5. The lowest BCUT2D eigenvalue weighted by Gasteiger charge is -2.21. The summed E-state index contributed by atoms with van der Waals surface area (Å²) in [4.78, 5) is 26.9. The first-order valence-electron chi connectivity index (χ1n) is 9.75. The van der Waals surface area contributed by atoms with Gasteiger partial charge >= 0.3 is 0 Å². The summed E-state index contributed by atoms with van der Waals surface area (Å²) in [6.45, 7) is 2.82. The maximum absolute atomic E-state index is 12.7. The number of fused-ring (bicyclic) bond motifs is 1. The van der Waals surface area contributed by atoms with Gasteiger partial charge < -0.3 is 33.9 Å². The minimum absolute atomic E-state index is 0.145. The van der Waals surface area contributed by atoms with Crippen LogP contribution in [0.1, 0.15) is 22.8 Å². The van der Waals surface area contributed by atoms with Gasteiger partial charge in [0.15, 0.2) is 23.0 Å². The summed E-state index contributed by atoms with van der Waals surface area (Å²) >= 11 is 0. The van der Waals surface area contributed by atoms with Gasteiger partial charge in [0.05, 0.1) is 27.9 Å². The van der Waals surface area contributed by atoms with Gasteiger partial charge in [0, 0.05) is 18.7 Å². The van der Waals surface area contributed by atoms with Gasteiger partial charge in [0.1, 0.15) is 0 Å². The Bertz CT molecular complexity index is 936. The van der Waals surface area contributed by atoms with Crippen LogP contribution in [0.15, 0.2) is 30.3 Å². The molecule has 2 amide bonds. The van der Waals surface area contributed by atoms with Gasteiger partial charge in [-0.15, -0.1) is 0 Å². The van der Waals surface area contributed by atoms with Crippen molar-refractivity contribution < 1.29 is 33.3 Å². The van der Waals surface area contributed by atoms with Crippen LogP contribution in [0, 0.1) is 0 Å². The molecule has 0 spiro atoms. The molecule has 166 valence electrons. The highest BCUT2D eigenvalue weighted by atomic mass is 16.7. The Hall–Kier alpha value is -3.62. The Morgan fingerprint density at radius 1 is 1.00 bits per heavy atom. The van der Waals surface area contributed by atoms with Crippen LogP contribution in [-0.2, 0) is 11.3 Å². The van der Waals surface area contributed by atoms with E-state index in [1.807, 2.05) is 25.1 Å². The number of carbonyl (C=O) groups excluding carboxylic acids is 2. The van der Waals surface area contributed by atoms with Crippen LogP contribution < -0.4 is 29.0 Å². The smallest absolute Gasteiger partial charge is 0.251 e. The van der Waals surface area contributed by atoms with E-state index >= 15 is 0 Å². The molecule has 0 bridgehead atoms. The normalized spacial score (nSPS) is 11.6. The summed E-state index contributed by atoms with van der Waals surface area (Å²) in [6.07, 6.45) is 0. The van der Waals surface area contributed by atoms with Crippen molar-refractivity contribution in [2.45, 2.75) is 13.5 Å². The van der Waals surface area contributed by atoms with E-state index in [9.17, 15) is 9.59 Å². The fourth-order valence-electron chi connectivity index (χ4n) is 3.22. The summed E-state index contributed by atoms with van der Waals surface area (Å²) in [5.41, 5.74) is 1.21. The number of nitrogens with zero attached hydrogens (tertiary/aromatic N) is 1. The van der Waals surface area contributed by atoms with Gasteiger partial charge in [-0.05, 0) is 36.8 Å². The third-order valence-electron chi connectivity index (χ3n) is 4.87. The molecule has 0 saturated carbocycles. The molecule has 1 aliphatic heterocycles. The van der Waals surface area contributed by atoms with Crippen LogP contribution in [0.4, 0.5) is 0 Å². The minimum Gasteiger partial charge on any atom is -0.493 e. The topological polar surface area (TPSA) is 95.6 Å². The molecule has 0 atom stereocenters. The number of amides is 2. The molecule has 0 fully saturated rings. The summed E-state index contributed by atoms with van der Waals surface area (Å²) < 4.78 is 26.5. The van der Waals surface area contributed by atoms with E-state index in [0.29, 0.717) is 47.4 Å². The van der Waals surface area contributed by atoms with Crippen molar-refractivity contribution in [2.24, 2.45) is 0 Å². The molecule has 1 heterocycles. The molecule has 2 aromatic rings. The second kappa shape index (κ2) is 9.92. The average Bonchev–Trinajstić information content (AvgIpc) is 3.27. The predicted octanol–water partition coefficient (Wildman–Crippen LogP) is 2.22. The lowest BCUT2D eigenvalue weighted by atomic mass is 10.1.